The van der Waals surface area contributed by atoms with E-state index in [0.29, 0.717) is 0 Å². The zero-order valence-corrected chi connectivity index (χ0v) is 10.6. The van der Waals surface area contributed by atoms with Crippen LogP contribution >= 0.6 is 0 Å². The molecule has 0 aliphatic rings. The van der Waals surface area contributed by atoms with Crippen LogP contribution in [0.15, 0.2) is 24.3 Å². The van der Waals surface area contributed by atoms with Crippen molar-refractivity contribution in [3.05, 3.63) is 35.6 Å². The van der Waals surface area contributed by atoms with Gasteiger partial charge in [0.15, 0.2) is 0 Å². The summed E-state index contributed by atoms with van der Waals surface area (Å²) < 4.78 is 12.8. The largest absolute Gasteiger partial charge is 0.304 e. The Bertz CT molecular complexity index is 309. The molecule has 0 fully saturated rings. The molecule has 17 heavy (non-hydrogen) atoms. The van der Waals surface area contributed by atoms with Crippen LogP contribution in [0, 0.1) is 5.82 Å². The van der Waals surface area contributed by atoms with Gasteiger partial charge >= 0.3 is 0 Å². The highest BCUT2D eigenvalue weighted by atomic mass is 19.1. The number of rotatable bonds is 7. The van der Waals surface area contributed by atoms with Crippen molar-refractivity contribution in [1.29, 1.82) is 0 Å². The van der Waals surface area contributed by atoms with Crippen molar-refractivity contribution in [3.63, 3.8) is 0 Å². The summed E-state index contributed by atoms with van der Waals surface area (Å²) >= 11 is 0. The Morgan fingerprint density at radius 2 is 1.82 bits per heavy atom. The topological polar surface area (TPSA) is 41.3 Å². The number of nitrogens with one attached hydrogen (secondary N) is 1. The molecule has 0 saturated heterocycles. The molecule has 4 heteroatoms. The van der Waals surface area contributed by atoms with Crippen LogP contribution in [0.4, 0.5) is 4.39 Å². The van der Waals surface area contributed by atoms with Crippen LogP contribution in [0.1, 0.15) is 31.9 Å². The second-order valence-corrected chi connectivity index (χ2v) is 4.09. The molecule has 1 atom stereocenters. The molecule has 0 amide bonds. The summed E-state index contributed by atoms with van der Waals surface area (Å²) in [6.07, 6.45) is 0.920. The molecule has 1 aromatic carbocycles. The standard InChI is InChI=1S/C13H22FN3/c1-3-17(4-2)10-9-13(16-15)11-5-7-12(14)8-6-11/h5-8,13,16H,3-4,9-10,15H2,1-2H3. The van der Waals surface area contributed by atoms with E-state index >= 15 is 0 Å². The van der Waals surface area contributed by atoms with Crippen molar-refractivity contribution >= 4 is 0 Å². The van der Waals surface area contributed by atoms with E-state index < -0.39 is 0 Å². The lowest BCUT2D eigenvalue weighted by molar-refractivity contribution is 0.282. The normalized spacial score (nSPS) is 13.0. The van der Waals surface area contributed by atoms with Crippen LogP contribution in [-0.4, -0.2) is 24.5 Å². The van der Waals surface area contributed by atoms with Gasteiger partial charge in [-0.15, -0.1) is 0 Å². The fraction of sp³-hybridized carbons (Fsp3) is 0.538. The number of halogens is 1. The Balaban J connectivity index is 2.56. The van der Waals surface area contributed by atoms with Gasteiger partial charge in [0, 0.05) is 6.04 Å². The zero-order valence-electron chi connectivity index (χ0n) is 10.6. The minimum atomic E-state index is -0.215. The third-order valence-electron chi connectivity index (χ3n) is 3.10. The Morgan fingerprint density at radius 3 is 2.29 bits per heavy atom. The van der Waals surface area contributed by atoms with Gasteiger partial charge in [-0.1, -0.05) is 26.0 Å². The molecule has 0 aliphatic heterocycles. The second-order valence-electron chi connectivity index (χ2n) is 4.09. The van der Waals surface area contributed by atoms with Gasteiger partial charge in [-0.2, -0.15) is 0 Å². The third-order valence-corrected chi connectivity index (χ3v) is 3.10. The third kappa shape index (κ3) is 4.42. The van der Waals surface area contributed by atoms with E-state index in [2.05, 4.69) is 24.2 Å². The molecule has 0 heterocycles. The smallest absolute Gasteiger partial charge is 0.123 e. The van der Waals surface area contributed by atoms with Crippen LogP contribution in [0.3, 0.4) is 0 Å². The lowest BCUT2D eigenvalue weighted by Crippen LogP contribution is -2.32. The molecule has 0 bridgehead atoms. The predicted octanol–water partition coefficient (Wildman–Crippen LogP) is 2.06. The van der Waals surface area contributed by atoms with Crippen molar-refractivity contribution in [3.8, 4) is 0 Å². The van der Waals surface area contributed by atoms with Crippen molar-refractivity contribution < 1.29 is 4.39 Å². The lowest BCUT2D eigenvalue weighted by atomic mass is 10.0. The summed E-state index contributed by atoms with van der Waals surface area (Å²) in [5.41, 5.74) is 3.82. The predicted molar refractivity (Wildman–Crippen MR) is 68.9 cm³/mol. The van der Waals surface area contributed by atoms with Gasteiger partial charge in [-0.05, 0) is 43.8 Å². The monoisotopic (exact) mass is 239 g/mol. The van der Waals surface area contributed by atoms with Crippen molar-refractivity contribution in [2.75, 3.05) is 19.6 Å². The van der Waals surface area contributed by atoms with E-state index in [1.165, 1.54) is 12.1 Å². The first-order valence-electron chi connectivity index (χ1n) is 6.15. The SMILES string of the molecule is CCN(CC)CCC(NN)c1ccc(F)cc1. The molecule has 0 saturated carbocycles. The Kier molecular flexibility index (Phi) is 6.11. The van der Waals surface area contributed by atoms with Crippen molar-refractivity contribution in [2.45, 2.75) is 26.3 Å². The van der Waals surface area contributed by atoms with Crippen LogP contribution in [0.2, 0.25) is 0 Å². The molecular formula is C13H22FN3. The quantitative estimate of drug-likeness (QED) is 0.565. The molecule has 3 N–H and O–H groups in total. The maximum absolute atomic E-state index is 12.8. The molecule has 1 aromatic rings. The van der Waals surface area contributed by atoms with Gasteiger partial charge in [0.25, 0.3) is 0 Å². The van der Waals surface area contributed by atoms with Gasteiger partial charge in [-0.3, -0.25) is 11.3 Å². The second kappa shape index (κ2) is 7.37. The molecule has 0 spiro atoms. The highest BCUT2D eigenvalue weighted by Gasteiger charge is 2.11. The number of nitrogens with two attached hydrogens (primary N) is 1. The molecule has 0 aliphatic carbocycles. The van der Waals surface area contributed by atoms with Gasteiger partial charge in [0.05, 0.1) is 0 Å². The van der Waals surface area contributed by atoms with E-state index in [1.54, 1.807) is 12.1 Å². The fourth-order valence-electron chi connectivity index (χ4n) is 1.89. The number of hydrogen-bond donors (Lipinski definition) is 2. The van der Waals surface area contributed by atoms with Crippen LogP contribution in [0.25, 0.3) is 0 Å². The van der Waals surface area contributed by atoms with Gasteiger partial charge < -0.3 is 4.90 Å². The Hall–Kier alpha value is -0.970. The van der Waals surface area contributed by atoms with Crippen LogP contribution in [-0.2, 0) is 0 Å². The first-order valence-corrected chi connectivity index (χ1v) is 6.15. The number of benzene rings is 1. The maximum atomic E-state index is 12.8. The zero-order chi connectivity index (χ0) is 12.7. The summed E-state index contributed by atoms with van der Waals surface area (Å²) in [6.45, 7) is 7.35. The van der Waals surface area contributed by atoms with Gasteiger partial charge in [0.1, 0.15) is 5.82 Å². The fourth-order valence-corrected chi connectivity index (χ4v) is 1.89. The molecule has 0 aromatic heterocycles. The first-order chi connectivity index (χ1) is 8.21. The number of hydrogen-bond acceptors (Lipinski definition) is 3. The Morgan fingerprint density at radius 1 is 1.24 bits per heavy atom. The molecule has 3 nitrogen and oxygen atoms in total. The highest BCUT2D eigenvalue weighted by Crippen LogP contribution is 2.16. The van der Waals surface area contributed by atoms with Crippen LogP contribution < -0.4 is 11.3 Å². The molecule has 0 radical (unpaired) electrons. The van der Waals surface area contributed by atoms with E-state index in [0.717, 1.165) is 31.6 Å². The average molecular weight is 239 g/mol. The summed E-state index contributed by atoms with van der Waals surface area (Å²) in [6, 6.07) is 6.58. The lowest BCUT2D eigenvalue weighted by Gasteiger charge is -2.22. The average Bonchev–Trinajstić information content (AvgIpc) is 2.36. The first kappa shape index (κ1) is 14.1. The minimum Gasteiger partial charge on any atom is -0.304 e. The highest BCUT2D eigenvalue weighted by molar-refractivity contribution is 5.19. The minimum absolute atomic E-state index is 0.0798. The van der Waals surface area contributed by atoms with Crippen LogP contribution in [0.5, 0.6) is 0 Å². The van der Waals surface area contributed by atoms with E-state index in [1.807, 2.05) is 0 Å². The summed E-state index contributed by atoms with van der Waals surface area (Å²) in [5, 5.41) is 0. The summed E-state index contributed by atoms with van der Waals surface area (Å²) in [7, 11) is 0. The number of nitrogens with zero attached hydrogens (tertiary/aromatic N) is 1. The van der Waals surface area contributed by atoms with E-state index in [-0.39, 0.29) is 11.9 Å². The molecule has 1 unspecified atom stereocenters. The Labute approximate surface area is 103 Å². The summed E-state index contributed by atoms with van der Waals surface area (Å²) in [5.74, 6) is 5.34. The van der Waals surface area contributed by atoms with Crippen molar-refractivity contribution in [1.82, 2.24) is 10.3 Å². The maximum Gasteiger partial charge on any atom is 0.123 e. The van der Waals surface area contributed by atoms with Gasteiger partial charge in [0.2, 0.25) is 0 Å². The number of hydrazine groups is 1. The van der Waals surface area contributed by atoms with E-state index in [9.17, 15) is 4.39 Å². The molecule has 1 rings (SSSR count). The van der Waals surface area contributed by atoms with Crippen molar-refractivity contribution in [2.24, 2.45) is 5.84 Å². The molecule has 96 valence electrons. The van der Waals surface area contributed by atoms with E-state index in [4.69, 9.17) is 5.84 Å². The summed E-state index contributed by atoms with van der Waals surface area (Å²) in [4.78, 5) is 2.34. The van der Waals surface area contributed by atoms with Gasteiger partial charge in [-0.25, -0.2) is 4.39 Å². The molecular weight excluding hydrogens is 217 g/mol.